The predicted molar refractivity (Wildman–Crippen MR) is 69.6 cm³/mol. The Morgan fingerprint density at radius 2 is 1.88 bits per heavy atom. The number of rotatable bonds is 3. The average molecular weight is 224 g/mol. The summed E-state index contributed by atoms with van der Waals surface area (Å²) in [6, 6.07) is 0.750. The molecule has 1 aliphatic heterocycles. The molecule has 2 nitrogen and oxygen atoms in total. The summed E-state index contributed by atoms with van der Waals surface area (Å²) in [6.45, 7) is 8.79. The van der Waals surface area contributed by atoms with Crippen molar-refractivity contribution in [3.05, 3.63) is 0 Å². The van der Waals surface area contributed by atoms with Crippen molar-refractivity contribution in [1.82, 2.24) is 10.2 Å². The lowest BCUT2D eigenvalue weighted by Crippen LogP contribution is -2.34. The Morgan fingerprint density at radius 1 is 1.19 bits per heavy atom. The molecule has 2 fully saturated rings. The molecule has 16 heavy (non-hydrogen) atoms. The molecule has 2 aliphatic rings. The highest BCUT2D eigenvalue weighted by Crippen LogP contribution is 2.38. The van der Waals surface area contributed by atoms with Crippen molar-refractivity contribution < 1.29 is 0 Å². The van der Waals surface area contributed by atoms with Crippen molar-refractivity contribution in [3.63, 3.8) is 0 Å². The van der Waals surface area contributed by atoms with E-state index in [2.05, 4.69) is 31.1 Å². The lowest BCUT2D eigenvalue weighted by Gasteiger charge is -2.36. The van der Waals surface area contributed by atoms with Crippen LogP contribution in [0.5, 0.6) is 0 Å². The SMILES string of the molecule is CNC1CCN(CC2CCC(C)(C)CC2)C1. The number of likely N-dealkylation sites (tertiary alicyclic amines) is 1. The predicted octanol–water partition coefficient (Wildman–Crippen LogP) is 2.50. The Morgan fingerprint density at radius 3 is 2.44 bits per heavy atom. The number of nitrogens with one attached hydrogen (secondary N) is 1. The quantitative estimate of drug-likeness (QED) is 0.792. The summed E-state index contributed by atoms with van der Waals surface area (Å²) in [4.78, 5) is 2.67. The highest BCUT2D eigenvalue weighted by Gasteiger charge is 2.29. The first-order valence-electron chi connectivity index (χ1n) is 6.99. The van der Waals surface area contributed by atoms with Gasteiger partial charge in [-0.2, -0.15) is 0 Å². The van der Waals surface area contributed by atoms with Gasteiger partial charge in [0.25, 0.3) is 0 Å². The Bertz CT molecular complexity index is 215. The van der Waals surface area contributed by atoms with Gasteiger partial charge in [0.1, 0.15) is 0 Å². The fraction of sp³-hybridized carbons (Fsp3) is 1.00. The third-order valence-electron chi connectivity index (χ3n) is 4.66. The molecule has 0 radical (unpaired) electrons. The second-order valence-corrected chi connectivity index (χ2v) is 6.64. The summed E-state index contributed by atoms with van der Waals surface area (Å²) in [5.41, 5.74) is 0.620. The Balaban J connectivity index is 1.71. The molecule has 2 heteroatoms. The first-order chi connectivity index (χ1) is 7.59. The molecular formula is C14H28N2. The zero-order valence-electron chi connectivity index (χ0n) is 11.3. The van der Waals surface area contributed by atoms with Crippen LogP contribution < -0.4 is 5.32 Å². The summed E-state index contributed by atoms with van der Waals surface area (Å²) in [6.07, 6.45) is 7.11. The van der Waals surface area contributed by atoms with E-state index in [0.717, 1.165) is 12.0 Å². The lowest BCUT2D eigenvalue weighted by molar-refractivity contribution is 0.155. The molecule has 0 spiro atoms. The Kier molecular flexibility index (Phi) is 3.91. The summed E-state index contributed by atoms with van der Waals surface area (Å²) in [5.74, 6) is 0.976. The Hall–Kier alpha value is -0.0800. The van der Waals surface area contributed by atoms with Crippen LogP contribution in [0.15, 0.2) is 0 Å². The highest BCUT2D eigenvalue weighted by atomic mass is 15.2. The van der Waals surface area contributed by atoms with E-state index in [9.17, 15) is 0 Å². The molecule has 1 N–H and O–H groups in total. The molecule has 0 aromatic carbocycles. The summed E-state index contributed by atoms with van der Waals surface area (Å²) < 4.78 is 0. The molecule has 0 amide bonds. The van der Waals surface area contributed by atoms with Crippen LogP contribution in [0.1, 0.15) is 46.0 Å². The summed E-state index contributed by atoms with van der Waals surface area (Å²) in [7, 11) is 2.09. The van der Waals surface area contributed by atoms with Crippen molar-refractivity contribution in [2.24, 2.45) is 11.3 Å². The largest absolute Gasteiger partial charge is 0.316 e. The smallest absolute Gasteiger partial charge is 0.0204 e. The molecule has 0 aromatic heterocycles. The number of likely N-dealkylation sites (N-methyl/N-ethyl adjacent to an activating group) is 1. The fourth-order valence-corrected chi connectivity index (χ4v) is 3.24. The van der Waals surface area contributed by atoms with Crippen LogP contribution in [0.4, 0.5) is 0 Å². The van der Waals surface area contributed by atoms with E-state index in [4.69, 9.17) is 0 Å². The van der Waals surface area contributed by atoms with E-state index in [1.807, 2.05) is 0 Å². The summed E-state index contributed by atoms with van der Waals surface area (Å²) >= 11 is 0. The second kappa shape index (κ2) is 5.05. The zero-order chi connectivity index (χ0) is 11.6. The number of hydrogen-bond donors (Lipinski definition) is 1. The van der Waals surface area contributed by atoms with Crippen molar-refractivity contribution in [1.29, 1.82) is 0 Å². The fourth-order valence-electron chi connectivity index (χ4n) is 3.24. The minimum absolute atomic E-state index is 0.620. The van der Waals surface area contributed by atoms with Gasteiger partial charge in [-0.05, 0) is 57.0 Å². The van der Waals surface area contributed by atoms with Crippen LogP contribution in [0.2, 0.25) is 0 Å². The van der Waals surface area contributed by atoms with E-state index < -0.39 is 0 Å². The standard InChI is InChI=1S/C14H28N2/c1-14(2)7-4-12(5-8-14)10-16-9-6-13(11-16)15-3/h12-13,15H,4-11H2,1-3H3. The van der Waals surface area contributed by atoms with Crippen LogP contribution >= 0.6 is 0 Å². The molecular weight excluding hydrogens is 196 g/mol. The molecule has 1 unspecified atom stereocenters. The van der Waals surface area contributed by atoms with Crippen molar-refractivity contribution in [2.75, 3.05) is 26.7 Å². The van der Waals surface area contributed by atoms with E-state index in [0.29, 0.717) is 5.41 Å². The second-order valence-electron chi connectivity index (χ2n) is 6.64. The molecule has 1 heterocycles. The van der Waals surface area contributed by atoms with Crippen LogP contribution in [0, 0.1) is 11.3 Å². The third-order valence-corrected chi connectivity index (χ3v) is 4.66. The van der Waals surface area contributed by atoms with E-state index in [1.54, 1.807) is 0 Å². The van der Waals surface area contributed by atoms with Crippen molar-refractivity contribution in [3.8, 4) is 0 Å². The van der Waals surface area contributed by atoms with Gasteiger partial charge in [-0.15, -0.1) is 0 Å². The monoisotopic (exact) mass is 224 g/mol. The van der Waals surface area contributed by atoms with Crippen molar-refractivity contribution in [2.45, 2.75) is 52.0 Å². The molecule has 0 aromatic rings. The molecule has 1 aliphatic carbocycles. The number of nitrogens with zero attached hydrogens (tertiary/aromatic N) is 1. The lowest BCUT2D eigenvalue weighted by atomic mass is 9.73. The van der Waals surface area contributed by atoms with E-state index in [1.165, 1.54) is 51.7 Å². The molecule has 0 bridgehead atoms. The van der Waals surface area contributed by atoms with Crippen LogP contribution in [-0.4, -0.2) is 37.6 Å². The minimum atomic E-state index is 0.620. The maximum Gasteiger partial charge on any atom is 0.0204 e. The Labute approximate surface area is 101 Å². The van der Waals surface area contributed by atoms with Gasteiger partial charge in [0.15, 0.2) is 0 Å². The van der Waals surface area contributed by atoms with Crippen LogP contribution in [0.3, 0.4) is 0 Å². The molecule has 1 saturated carbocycles. The van der Waals surface area contributed by atoms with Gasteiger partial charge in [0.05, 0.1) is 0 Å². The first kappa shape index (κ1) is 12.4. The minimum Gasteiger partial charge on any atom is -0.316 e. The van der Waals surface area contributed by atoms with Gasteiger partial charge >= 0.3 is 0 Å². The van der Waals surface area contributed by atoms with Gasteiger partial charge in [-0.25, -0.2) is 0 Å². The third kappa shape index (κ3) is 3.21. The highest BCUT2D eigenvalue weighted by molar-refractivity contribution is 4.84. The van der Waals surface area contributed by atoms with Gasteiger partial charge in [-0.3, -0.25) is 0 Å². The van der Waals surface area contributed by atoms with Gasteiger partial charge in [0.2, 0.25) is 0 Å². The molecule has 1 atom stereocenters. The van der Waals surface area contributed by atoms with Crippen LogP contribution in [-0.2, 0) is 0 Å². The molecule has 94 valence electrons. The van der Waals surface area contributed by atoms with E-state index >= 15 is 0 Å². The maximum atomic E-state index is 3.40. The van der Waals surface area contributed by atoms with Crippen molar-refractivity contribution >= 4 is 0 Å². The molecule has 2 rings (SSSR count). The normalized spacial score (nSPS) is 32.1. The van der Waals surface area contributed by atoms with Crippen LogP contribution in [0.25, 0.3) is 0 Å². The van der Waals surface area contributed by atoms with Gasteiger partial charge in [-0.1, -0.05) is 13.8 Å². The van der Waals surface area contributed by atoms with Gasteiger partial charge in [0, 0.05) is 19.1 Å². The topological polar surface area (TPSA) is 15.3 Å². The first-order valence-corrected chi connectivity index (χ1v) is 6.99. The number of hydrogen-bond acceptors (Lipinski definition) is 2. The maximum absolute atomic E-state index is 3.40. The molecule has 1 saturated heterocycles. The average Bonchev–Trinajstić information content (AvgIpc) is 2.69. The summed E-state index contributed by atoms with van der Waals surface area (Å²) in [5, 5.41) is 3.40. The zero-order valence-corrected chi connectivity index (χ0v) is 11.3. The van der Waals surface area contributed by atoms with Gasteiger partial charge < -0.3 is 10.2 Å². The van der Waals surface area contributed by atoms with E-state index in [-0.39, 0.29) is 0 Å².